The van der Waals surface area contributed by atoms with Gasteiger partial charge in [0.2, 0.25) is 0 Å². The third kappa shape index (κ3) is 6.89. The van der Waals surface area contributed by atoms with Crippen molar-refractivity contribution in [2.45, 2.75) is 129 Å². The van der Waals surface area contributed by atoms with E-state index in [1.807, 2.05) is 0 Å². The number of amides is 3. The summed E-state index contributed by atoms with van der Waals surface area (Å²) in [7, 11) is -2.45. The summed E-state index contributed by atoms with van der Waals surface area (Å²) in [6.45, 7) is 24.9. The maximum atomic E-state index is 13.4. The van der Waals surface area contributed by atoms with Crippen molar-refractivity contribution in [1.82, 2.24) is 9.80 Å². The van der Waals surface area contributed by atoms with Crippen molar-refractivity contribution in [3.63, 3.8) is 0 Å². The number of nitrogens with zero attached hydrogens (tertiary/aromatic N) is 2. The highest BCUT2D eigenvalue weighted by molar-refractivity contribution is 6.74. The molecule has 2 aliphatic rings. The van der Waals surface area contributed by atoms with Gasteiger partial charge in [-0.3, -0.25) is 9.69 Å². The van der Waals surface area contributed by atoms with Gasteiger partial charge in [0, 0.05) is 6.08 Å². The van der Waals surface area contributed by atoms with Crippen molar-refractivity contribution in [3.8, 4) is 0 Å². The van der Waals surface area contributed by atoms with Crippen LogP contribution in [0.2, 0.25) is 18.1 Å². The number of imide groups is 1. The van der Waals surface area contributed by atoms with Crippen molar-refractivity contribution < 1.29 is 33.0 Å². The van der Waals surface area contributed by atoms with Gasteiger partial charge < -0.3 is 18.6 Å². The van der Waals surface area contributed by atoms with Crippen molar-refractivity contribution in [2.75, 3.05) is 6.61 Å². The second-order valence-corrected chi connectivity index (χ2v) is 18.3. The van der Waals surface area contributed by atoms with Gasteiger partial charge in [-0.1, -0.05) is 26.8 Å². The minimum Gasteiger partial charge on any atom is -0.444 e. The Hall–Kier alpha value is -1.91. The first-order valence-electron chi connectivity index (χ1n) is 12.6. The predicted molar refractivity (Wildman–Crippen MR) is 140 cm³/mol. The van der Waals surface area contributed by atoms with Gasteiger partial charge in [0.25, 0.3) is 5.91 Å². The number of rotatable bonds is 4. The molecule has 206 valence electrons. The molecule has 2 heterocycles. The fourth-order valence-corrected chi connectivity index (χ4v) is 5.24. The average Bonchev–Trinajstić information content (AvgIpc) is 3.15. The molecule has 0 N–H and O–H groups in total. The van der Waals surface area contributed by atoms with Crippen LogP contribution in [0.25, 0.3) is 0 Å². The van der Waals surface area contributed by atoms with Crippen molar-refractivity contribution in [3.05, 3.63) is 12.2 Å². The smallest absolute Gasteiger partial charge is 0.417 e. The third-order valence-corrected chi connectivity index (χ3v) is 11.1. The van der Waals surface area contributed by atoms with E-state index in [4.69, 9.17) is 18.6 Å². The van der Waals surface area contributed by atoms with Crippen LogP contribution in [0.1, 0.15) is 76.2 Å². The van der Waals surface area contributed by atoms with Gasteiger partial charge >= 0.3 is 12.2 Å². The zero-order valence-electron chi connectivity index (χ0n) is 24.3. The minimum absolute atomic E-state index is 0.159. The Bertz CT molecular complexity index is 893. The Morgan fingerprint density at radius 1 is 1.00 bits per heavy atom. The molecule has 1 saturated heterocycles. The van der Waals surface area contributed by atoms with Crippen molar-refractivity contribution in [1.29, 1.82) is 0 Å². The topological polar surface area (TPSA) is 94.6 Å². The van der Waals surface area contributed by atoms with Crippen LogP contribution in [0, 0.1) is 0 Å². The summed E-state index contributed by atoms with van der Waals surface area (Å²) in [6.07, 6.45) is 0.956. The van der Waals surface area contributed by atoms with E-state index in [1.165, 1.54) is 6.08 Å². The highest BCUT2D eigenvalue weighted by Crippen LogP contribution is 2.41. The molecule has 0 radical (unpaired) electrons. The molecule has 10 heteroatoms. The molecule has 2 rings (SSSR count). The van der Waals surface area contributed by atoms with E-state index in [-0.39, 0.29) is 11.6 Å². The van der Waals surface area contributed by atoms with E-state index in [0.717, 1.165) is 4.90 Å². The number of carbonyl (C=O) groups is 3. The molecule has 0 aromatic carbocycles. The SMILES string of the molecule is CC(C)(C)OC(=O)N1C(=O)C=C[C@H]1[C@@H](O[Si](C)(C)C(C)(C)C)[C@@H]1COC(C)(C)N1C(=O)OC(C)(C)C. The van der Waals surface area contributed by atoms with Gasteiger partial charge in [0.15, 0.2) is 8.32 Å². The predicted octanol–water partition coefficient (Wildman–Crippen LogP) is 5.45. The number of ether oxygens (including phenoxy) is 3. The molecule has 0 aromatic rings. The number of hydrogen-bond donors (Lipinski definition) is 0. The molecule has 36 heavy (non-hydrogen) atoms. The van der Waals surface area contributed by atoms with E-state index in [9.17, 15) is 14.4 Å². The second-order valence-electron chi connectivity index (χ2n) is 13.6. The Morgan fingerprint density at radius 3 is 1.97 bits per heavy atom. The van der Waals surface area contributed by atoms with Crippen LogP contribution in [0.15, 0.2) is 12.2 Å². The lowest BCUT2D eigenvalue weighted by Gasteiger charge is -2.45. The summed E-state index contributed by atoms with van der Waals surface area (Å²) in [4.78, 5) is 42.1. The van der Waals surface area contributed by atoms with Gasteiger partial charge in [-0.25, -0.2) is 14.5 Å². The number of carbonyl (C=O) groups excluding carboxylic acids is 3. The first kappa shape index (κ1) is 30.3. The monoisotopic (exact) mass is 526 g/mol. The van der Waals surface area contributed by atoms with Crippen LogP contribution < -0.4 is 0 Å². The maximum absolute atomic E-state index is 13.4. The third-order valence-electron chi connectivity index (χ3n) is 6.62. The van der Waals surface area contributed by atoms with Crippen LogP contribution in [0.5, 0.6) is 0 Å². The van der Waals surface area contributed by atoms with Crippen LogP contribution in [-0.2, 0) is 23.4 Å². The van der Waals surface area contributed by atoms with Crippen LogP contribution in [0.4, 0.5) is 9.59 Å². The molecular formula is C26H46N2O7Si. The quantitative estimate of drug-likeness (QED) is 0.450. The van der Waals surface area contributed by atoms with E-state index >= 15 is 0 Å². The summed E-state index contributed by atoms with van der Waals surface area (Å²) in [6, 6.07) is -1.40. The number of hydrogen-bond acceptors (Lipinski definition) is 7. The summed E-state index contributed by atoms with van der Waals surface area (Å²) >= 11 is 0. The Kier molecular flexibility index (Phi) is 8.22. The minimum atomic E-state index is -2.45. The van der Waals surface area contributed by atoms with Gasteiger partial charge in [-0.05, 0) is 73.5 Å². The molecule has 0 unspecified atom stereocenters. The van der Waals surface area contributed by atoms with Crippen LogP contribution >= 0.6 is 0 Å². The van der Waals surface area contributed by atoms with Crippen molar-refractivity contribution in [2.24, 2.45) is 0 Å². The van der Waals surface area contributed by atoms with E-state index in [1.54, 1.807) is 66.4 Å². The lowest BCUT2D eigenvalue weighted by Crippen LogP contribution is -2.62. The summed E-state index contributed by atoms with van der Waals surface area (Å²) in [5, 5.41) is -0.167. The molecular weight excluding hydrogens is 480 g/mol. The van der Waals surface area contributed by atoms with Crippen molar-refractivity contribution >= 4 is 26.4 Å². The maximum Gasteiger partial charge on any atom is 0.417 e. The zero-order chi connectivity index (χ0) is 28.1. The van der Waals surface area contributed by atoms with Crippen LogP contribution in [0.3, 0.4) is 0 Å². The highest BCUT2D eigenvalue weighted by Gasteiger charge is 2.55. The molecule has 0 saturated carbocycles. The van der Waals surface area contributed by atoms with E-state index in [0.29, 0.717) is 0 Å². The summed E-state index contributed by atoms with van der Waals surface area (Å²) in [5.74, 6) is -0.486. The van der Waals surface area contributed by atoms with Gasteiger partial charge in [-0.15, -0.1) is 0 Å². The standard InChI is InChI=1S/C26H46N2O7Si/c1-23(2,3)33-21(30)27-17(14-15-19(27)29)20(35-36(12,13)25(7,8)9)18-16-32-26(10,11)28(18)22(31)34-24(4,5)6/h14-15,17-18,20H,16H2,1-13H3/t17-,18-,20+/m0/s1. The van der Waals surface area contributed by atoms with Gasteiger partial charge in [0.05, 0.1) is 24.8 Å². The molecule has 3 amide bonds. The largest absolute Gasteiger partial charge is 0.444 e. The van der Waals surface area contributed by atoms with Gasteiger partial charge in [-0.2, -0.15) is 0 Å². The Labute approximate surface area is 217 Å². The normalized spacial score (nSPS) is 23.8. The lowest BCUT2D eigenvalue weighted by molar-refractivity contribution is -0.127. The molecule has 9 nitrogen and oxygen atoms in total. The fraction of sp³-hybridized carbons (Fsp3) is 0.808. The summed E-state index contributed by atoms with van der Waals surface area (Å²) < 4.78 is 24.2. The molecule has 1 fully saturated rings. The van der Waals surface area contributed by atoms with Crippen LogP contribution in [-0.4, -0.2) is 77.9 Å². The first-order chi connectivity index (χ1) is 16.0. The molecule has 3 atom stereocenters. The molecule has 0 spiro atoms. The van der Waals surface area contributed by atoms with E-state index in [2.05, 4.69) is 33.9 Å². The molecule has 0 aliphatic carbocycles. The second kappa shape index (κ2) is 9.76. The lowest BCUT2D eigenvalue weighted by atomic mass is 10.0. The average molecular weight is 527 g/mol. The zero-order valence-corrected chi connectivity index (χ0v) is 25.3. The first-order valence-corrected chi connectivity index (χ1v) is 15.5. The highest BCUT2D eigenvalue weighted by atomic mass is 28.4. The Balaban J connectivity index is 2.58. The molecule has 2 aliphatic heterocycles. The van der Waals surface area contributed by atoms with E-state index < -0.39 is 61.5 Å². The van der Waals surface area contributed by atoms with Gasteiger partial charge in [0.1, 0.15) is 16.9 Å². The molecule has 0 aromatic heterocycles. The molecule has 0 bridgehead atoms. The Morgan fingerprint density at radius 2 is 1.50 bits per heavy atom. The fourth-order valence-electron chi connectivity index (χ4n) is 3.91. The summed E-state index contributed by atoms with van der Waals surface area (Å²) in [5.41, 5.74) is -2.49.